The van der Waals surface area contributed by atoms with Crippen LogP contribution in [-0.4, -0.2) is 101 Å². The van der Waals surface area contributed by atoms with Crippen LogP contribution >= 0.6 is 0 Å². The summed E-state index contributed by atoms with van der Waals surface area (Å²) < 4.78 is 17.9. The van der Waals surface area contributed by atoms with Crippen molar-refractivity contribution in [2.45, 2.75) is 80.5 Å². The van der Waals surface area contributed by atoms with E-state index in [-0.39, 0.29) is 18.4 Å². The third-order valence-electron chi connectivity index (χ3n) is 6.60. The second kappa shape index (κ2) is 9.27. The van der Waals surface area contributed by atoms with E-state index in [1.54, 1.807) is 38.6 Å². The van der Waals surface area contributed by atoms with Crippen molar-refractivity contribution in [2.24, 2.45) is 0 Å². The Morgan fingerprint density at radius 3 is 2.47 bits per heavy atom. The quantitative estimate of drug-likeness (QED) is 0.286. The van der Waals surface area contributed by atoms with Crippen molar-refractivity contribution in [3.63, 3.8) is 0 Å². The zero-order valence-electron chi connectivity index (χ0n) is 18.3. The lowest BCUT2D eigenvalue weighted by Crippen LogP contribution is -2.79. The summed E-state index contributed by atoms with van der Waals surface area (Å²) in [6.07, 6.45) is -1.79. The van der Waals surface area contributed by atoms with Gasteiger partial charge in [-0.3, -0.25) is 9.78 Å². The molecule has 4 rings (SSSR count). The fraction of sp³-hybridized carbons (Fsp3) is 0.714. The topological polar surface area (TPSA) is 154 Å². The highest BCUT2D eigenvalue weighted by Crippen LogP contribution is 2.41. The van der Waals surface area contributed by atoms with Crippen molar-refractivity contribution in [2.75, 3.05) is 14.1 Å². The molecule has 0 bridgehead atoms. The van der Waals surface area contributed by atoms with E-state index < -0.39 is 54.6 Å². The van der Waals surface area contributed by atoms with Crippen molar-refractivity contribution in [3.05, 3.63) is 30.1 Å². The molecule has 6 unspecified atom stereocenters. The second-order valence-electron chi connectivity index (χ2n) is 8.71. The van der Waals surface area contributed by atoms with Crippen LogP contribution in [0.15, 0.2) is 24.5 Å². The van der Waals surface area contributed by atoms with Crippen LogP contribution in [0.25, 0.3) is 0 Å². The molecule has 2 saturated heterocycles. The summed E-state index contributed by atoms with van der Waals surface area (Å²) in [5, 5.41) is 41.8. The Balaban J connectivity index is 1.56. The number of pyridine rings is 1. The maximum Gasteiger partial charge on any atom is 0.239 e. The summed E-state index contributed by atoms with van der Waals surface area (Å²) in [5.41, 5.74) is 0.786. The smallest absolute Gasteiger partial charge is 0.239 e. The van der Waals surface area contributed by atoms with Gasteiger partial charge in [-0.05, 0) is 45.1 Å². The fourth-order valence-corrected chi connectivity index (χ4v) is 4.95. The molecular formula is C21H32N4O7. The molecule has 3 fully saturated rings. The SMILES string of the molecule is CNC1C2OC3(O)C(NC(=O)Cc4ccncc4)C[C@@H](C)OC3OC2[C@@H](O)[C@H](NC)[C@@H]1O. The summed E-state index contributed by atoms with van der Waals surface area (Å²) in [5.74, 6) is -2.29. The van der Waals surface area contributed by atoms with Crippen LogP contribution in [0, 0.1) is 0 Å². The number of aliphatic hydroxyl groups is 3. The van der Waals surface area contributed by atoms with Crippen LogP contribution in [0.4, 0.5) is 0 Å². The van der Waals surface area contributed by atoms with Crippen LogP contribution in [-0.2, 0) is 25.4 Å². The molecule has 0 spiro atoms. The van der Waals surface area contributed by atoms with Crippen LogP contribution in [0.2, 0.25) is 0 Å². The van der Waals surface area contributed by atoms with E-state index in [0.717, 1.165) is 5.56 Å². The molecule has 1 aliphatic carbocycles. The summed E-state index contributed by atoms with van der Waals surface area (Å²) in [7, 11) is 3.29. The first kappa shape index (κ1) is 23.5. The van der Waals surface area contributed by atoms with Gasteiger partial charge in [-0.2, -0.15) is 0 Å². The third kappa shape index (κ3) is 4.15. The molecular weight excluding hydrogens is 420 g/mol. The number of hydrogen-bond acceptors (Lipinski definition) is 10. The van der Waals surface area contributed by atoms with Gasteiger partial charge in [0, 0.05) is 12.4 Å². The lowest BCUT2D eigenvalue weighted by molar-refractivity contribution is -0.449. The van der Waals surface area contributed by atoms with Gasteiger partial charge >= 0.3 is 0 Å². The number of likely N-dealkylation sites (N-methyl/N-ethyl adjacent to an activating group) is 2. The van der Waals surface area contributed by atoms with Crippen LogP contribution in [0.5, 0.6) is 0 Å². The van der Waals surface area contributed by atoms with Crippen molar-refractivity contribution in [1.29, 1.82) is 0 Å². The van der Waals surface area contributed by atoms with Gasteiger partial charge in [0.15, 0.2) is 0 Å². The molecule has 11 nitrogen and oxygen atoms in total. The minimum Gasteiger partial charge on any atom is -0.390 e. The van der Waals surface area contributed by atoms with E-state index in [1.165, 1.54) is 0 Å². The molecule has 32 heavy (non-hydrogen) atoms. The average molecular weight is 453 g/mol. The van der Waals surface area contributed by atoms with Crippen LogP contribution < -0.4 is 16.0 Å². The lowest BCUT2D eigenvalue weighted by atomic mass is 9.79. The predicted octanol–water partition coefficient (Wildman–Crippen LogP) is -2.37. The number of ether oxygens (including phenoxy) is 3. The molecule has 1 saturated carbocycles. The van der Waals surface area contributed by atoms with Gasteiger partial charge < -0.3 is 45.5 Å². The predicted molar refractivity (Wildman–Crippen MR) is 111 cm³/mol. The van der Waals surface area contributed by atoms with E-state index in [1.807, 2.05) is 6.92 Å². The first-order chi connectivity index (χ1) is 15.3. The minimum absolute atomic E-state index is 0.113. The summed E-state index contributed by atoms with van der Waals surface area (Å²) in [4.78, 5) is 16.7. The highest BCUT2D eigenvalue weighted by molar-refractivity contribution is 5.79. The summed E-state index contributed by atoms with van der Waals surface area (Å²) in [6, 6.07) is 1.36. The fourth-order valence-electron chi connectivity index (χ4n) is 4.95. The molecule has 3 heterocycles. The number of fused-ring (bicyclic) bond motifs is 2. The molecule has 6 N–H and O–H groups in total. The normalized spacial score (nSPS) is 43.8. The number of aromatic nitrogens is 1. The molecule has 1 aromatic heterocycles. The Labute approximate surface area is 186 Å². The highest BCUT2D eigenvalue weighted by Gasteiger charge is 2.63. The van der Waals surface area contributed by atoms with E-state index >= 15 is 0 Å². The van der Waals surface area contributed by atoms with E-state index in [9.17, 15) is 20.1 Å². The molecule has 0 radical (unpaired) electrons. The lowest BCUT2D eigenvalue weighted by Gasteiger charge is -2.58. The number of rotatable bonds is 5. The Kier molecular flexibility index (Phi) is 6.80. The standard InChI is InChI=1S/C21H32N4O7/c1-10-8-12(25-13(26)9-11-4-6-24-7-5-11)21(29)20(30-10)31-19-17(28)14(22-2)16(27)15(23-3)18(19)32-21/h4-7,10,12,14-20,22-23,27-29H,8-9H2,1-3H3,(H,25,26)/t10-,12?,14-,15?,16+,17+,18?,19?,20?,21?/m1/s1. The maximum atomic E-state index is 12.7. The zero-order chi connectivity index (χ0) is 23.0. The molecule has 2 aliphatic heterocycles. The van der Waals surface area contributed by atoms with Crippen molar-refractivity contribution < 1.29 is 34.3 Å². The number of nitrogens with one attached hydrogen (secondary N) is 3. The monoisotopic (exact) mass is 452 g/mol. The third-order valence-corrected chi connectivity index (χ3v) is 6.60. The van der Waals surface area contributed by atoms with Gasteiger partial charge in [0.25, 0.3) is 0 Å². The van der Waals surface area contributed by atoms with Gasteiger partial charge in [0.2, 0.25) is 18.0 Å². The van der Waals surface area contributed by atoms with E-state index in [0.29, 0.717) is 6.42 Å². The van der Waals surface area contributed by atoms with Gasteiger partial charge in [0.1, 0.15) is 18.3 Å². The van der Waals surface area contributed by atoms with Gasteiger partial charge in [-0.1, -0.05) is 0 Å². The van der Waals surface area contributed by atoms with Crippen molar-refractivity contribution >= 4 is 5.91 Å². The Bertz CT molecular complexity index is 802. The molecule has 10 atom stereocenters. The second-order valence-corrected chi connectivity index (χ2v) is 8.71. The molecule has 11 heteroatoms. The van der Waals surface area contributed by atoms with Crippen molar-refractivity contribution in [3.8, 4) is 0 Å². The number of carbonyl (C=O) groups is 1. The van der Waals surface area contributed by atoms with E-state index in [4.69, 9.17) is 14.2 Å². The Hall–Kier alpha value is -1.70. The minimum atomic E-state index is -2.00. The van der Waals surface area contributed by atoms with Gasteiger partial charge in [-0.15, -0.1) is 0 Å². The molecule has 3 aliphatic rings. The number of hydrogen-bond donors (Lipinski definition) is 6. The van der Waals surface area contributed by atoms with E-state index in [2.05, 4.69) is 20.9 Å². The summed E-state index contributed by atoms with van der Waals surface area (Å²) >= 11 is 0. The van der Waals surface area contributed by atoms with Crippen LogP contribution in [0.3, 0.4) is 0 Å². The zero-order valence-corrected chi connectivity index (χ0v) is 18.3. The van der Waals surface area contributed by atoms with Crippen LogP contribution in [0.1, 0.15) is 18.9 Å². The number of aliphatic hydroxyl groups excluding tert-OH is 2. The first-order valence-corrected chi connectivity index (χ1v) is 10.9. The van der Waals surface area contributed by atoms with Crippen molar-refractivity contribution in [1.82, 2.24) is 20.9 Å². The Morgan fingerprint density at radius 2 is 1.81 bits per heavy atom. The summed E-state index contributed by atoms with van der Waals surface area (Å²) in [6.45, 7) is 1.81. The maximum absolute atomic E-state index is 12.7. The molecule has 1 amide bonds. The number of amides is 1. The molecule has 178 valence electrons. The van der Waals surface area contributed by atoms with Gasteiger partial charge in [-0.25, -0.2) is 0 Å². The number of nitrogens with zero attached hydrogens (tertiary/aromatic N) is 1. The molecule has 0 aromatic carbocycles. The molecule has 1 aromatic rings. The number of carbonyl (C=O) groups excluding carboxylic acids is 1. The Morgan fingerprint density at radius 1 is 1.12 bits per heavy atom. The largest absolute Gasteiger partial charge is 0.390 e. The highest BCUT2D eigenvalue weighted by atomic mass is 16.8. The van der Waals surface area contributed by atoms with Gasteiger partial charge in [0.05, 0.1) is 36.8 Å². The average Bonchev–Trinajstić information content (AvgIpc) is 2.75. The first-order valence-electron chi connectivity index (χ1n) is 10.9.